The Hall–Kier alpha value is -0.800. The van der Waals surface area contributed by atoms with Crippen molar-refractivity contribution in [1.29, 1.82) is 0 Å². The van der Waals surface area contributed by atoms with Gasteiger partial charge in [0.2, 0.25) is 0 Å². The van der Waals surface area contributed by atoms with Gasteiger partial charge in [-0.05, 0) is 19.5 Å². The molecule has 0 aromatic heterocycles. The Morgan fingerprint density at radius 2 is 2.00 bits per heavy atom. The highest BCUT2D eigenvalue weighted by Gasteiger charge is 2.16. The van der Waals surface area contributed by atoms with Crippen LogP contribution in [0.25, 0.3) is 0 Å². The SMILES string of the molecule is CN1CCN(C2=CC[C@H](N)C=C2)CC1. The molecule has 0 unspecified atom stereocenters. The number of nitrogens with two attached hydrogens (primary N) is 1. The van der Waals surface area contributed by atoms with E-state index in [2.05, 4.69) is 35.1 Å². The number of hydrogen-bond donors (Lipinski definition) is 1. The van der Waals surface area contributed by atoms with E-state index in [1.165, 1.54) is 5.70 Å². The summed E-state index contributed by atoms with van der Waals surface area (Å²) in [6.07, 6.45) is 7.52. The highest BCUT2D eigenvalue weighted by molar-refractivity contribution is 5.24. The molecule has 0 amide bonds. The van der Waals surface area contributed by atoms with Gasteiger partial charge in [-0.25, -0.2) is 0 Å². The molecule has 0 spiro atoms. The van der Waals surface area contributed by atoms with E-state index in [0.29, 0.717) is 0 Å². The van der Waals surface area contributed by atoms with Gasteiger partial charge in [-0.3, -0.25) is 0 Å². The Morgan fingerprint density at radius 1 is 1.29 bits per heavy atom. The number of hydrogen-bond acceptors (Lipinski definition) is 3. The summed E-state index contributed by atoms with van der Waals surface area (Å²) in [6.45, 7) is 4.61. The van der Waals surface area contributed by atoms with Crippen molar-refractivity contribution in [1.82, 2.24) is 9.80 Å². The molecule has 78 valence electrons. The van der Waals surface area contributed by atoms with Gasteiger partial charge in [0.05, 0.1) is 0 Å². The summed E-state index contributed by atoms with van der Waals surface area (Å²) >= 11 is 0. The monoisotopic (exact) mass is 193 g/mol. The topological polar surface area (TPSA) is 32.5 Å². The van der Waals surface area contributed by atoms with Crippen LogP contribution in [0, 0.1) is 0 Å². The molecule has 1 atom stereocenters. The lowest BCUT2D eigenvalue weighted by Crippen LogP contribution is -2.43. The van der Waals surface area contributed by atoms with Gasteiger partial charge in [-0.2, -0.15) is 0 Å². The van der Waals surface area contributed by atoms with Crippen molar-refractivity contribution < 1.29 is 0 Å². The molecule has 0 aromatic rings. The van der Waals surface area contributed by atoms with Crippen molar-refractivity contribution in [3.05, 3.63) is 23.9 Å². The number of allylic oxidation sites excluding steroid dienone is 1. The predicted molar refractivity (Wildman–Crippen MR) is 58.9 cm³/mol. The molecule has 0 aromatic carbocycles. The molecule has 0 bridgehead atoms. The van der Waals surface area contributed by atoms with E-state index < -0.39 is 0 Å². The van der Waals surface area contributed by atoms with Gasteiger partial charge >= 0.3 is 0 Å². The summed E-state index contributed by atoms with van der Waals surface area (Å²) in [6, 6.07) is 0.228. The van der Waals surface area contributed by atoms with Crippen LogP contribution in [0.4, 0.5) is 0 Å². The van der Waals surface area contributed by atoms with Gasteiger partial charge in [0.25, 0.3) is 0 Å². The molecule has 0 radical (unpaired) electrons. The molecule has 1 heterocycles. The van der Waals surface area contributed by atoms with E-state index in [1.54, 1.807) is 0 Å². The molecule has 3 heteroatoms. The lowest BCUT2D eigenvalue weighted by atomic mass is 10.1. The number of rotatable bonds is 1. The normalized spacial score (nSPS) is 29.1. The van der Waals surface area contributed by atoms with Crippen LogP contribution in [0.2, 0.25) is 0 Å². The van der Waals surface area contributed by atoms with Crippen LogP contribution in [-0.4, -0.2) is 49.1 Å². The van der Waals surface area contributed by atoms with Crippen molar-refractivity contribution in [3.8, 4) is 0 Å². The summed E-state index contributed by atoms with van der Waals surface area (Å²) in [5, 5.41) is 0. The maximum Gasteiger partial charge on any atom is 0.0324 e. The summed E-state index contributed by atoms with van der Waals surface area (Å²) < 4.78 is 0. The van der Waals surface area contributed by atoms with Gasteiger partial charge in [-0.1, -0.05) is 12.2 Å². The molecule has 1 fully saturated rings. The van der Waals surface area contributed by atoms with Crippen molar-refractivity contribution in [2.24, 2.45) is 5.73 Å². The van der Waals surface area contributed by atoms with Crippen LogP contribution in [-0.2, 0) is 0 Å². The second-order valence-electron chi connectivity index (χ2n) is 4.18. The molecule has 2 rings (SSSR count). The van der Waals surface area contributed by atoms with E-state index in [9.17, 15) is 0 Å². The highest BCUT2D eigenvalue weighted by atomic mass is 15.2. The van der Waals surface area contributed by atoms with Crippen LogP contribution in [0.5, 0.6) is 0 Å². The molecule has 1 saturated heterocycles. The molecule has 2 N–H and O–H groups in total. The fraction of sp³-hybridized carbons (Fsp3) is 0.636. The van der Waals surface area contributed by atoms with E-state index in [4.69, 9.17) is 5.73 Å². The van der Waals surface area contributed by atoms with Gasteiger partial charge in [0.1, 0.15) is 0 Å². The molecule has 1 aliphatic carbocycles. The zero-order valence-electron chi connectivity index (χ0n) is 8.82. The number of piperazine rings is 1. The first-order valence-corrected chi connectivity index (χ1v) is 5.33. The smallest absolute Gasteiger partial charge is 0.0324 e. The van der Waals surface area contributed by atoms with Crippen LogP contribution < -0.4 is 5.73 Å². The molecule has 14 heavy (non-hydrogen) atoms. The minimum Gasteiger partial charge on any atom is -0.369 e. The van der Waals surface area contributed by atoms with Crippen molar-refractivity contribution in [2.45, 2.75) is 12.5 Å². The van der Waals surface area contributed by atoms with E-state index in [0.717, 1.165) is 32.6 Å². The molecule has 2 aliphatic rings. The Balaban J connectivity index is 1.93. The van der Waals surface area contributed by atoms with Crippen molar-refractivity contribution >= 4 is 0 Å². The van der Waals surface area contributed by atoms with Gasteiger partial charge in [0.15, 0.2) is 0 Å². The zero-order chi connectivity index (χ0) is 9.97. The summed E-state index contributed by atoms with van der Waals surface area (Å²) in [4.78, 5) is 4.82. The van der Waals surface area contributed by atoms with E-state index in [1.807, 2.05) is 0 Å². The fourth-order valence-electron chi connectivity index (χ4n) is 1.92. The predicted octanol–water partition coefficient (Wildman–Crippen LogP) is 0.405. The van der Waals surface area contributed by atoms with E-state index in [-0.39, 0.29) is 6.04 Å². The van der Waals surface area contributed by atoms with E-state index >= 15 is 0 Å². The molecule has 3 nitrogen and oxygen atoms in total. The highest BCUT2D eigenvalue weighted by Crippen LogP contribution is 2.15. The third kappa shape index (κ3) is 2.16. The Morgan fingerprint density at radius 3 is 2.57 bits per heavy atom. The molecular weight excluding hydrogens is 174 g/mol. The average molecular weight is 193 g/mol. The van der Waals surface area contributed by atoms with Crippen LogP contribution in [0.3, 0.4) is 0 Å². The Bertz CT molecular complexity index is 249. The first-order valence-electron chi connectivity index (χ1n) is 5.33. The largest absolute Gasteiger partial charge is 0.369 e. The minimum atomic E-state index is 0.228. The fourth-order valence-corrected chi connectivity index (χ4v) is 1.92. The zero-order valence-corrected chi connectivity index (χ0v) is 8.82. The van der Waals surface area contributed by atoms with Gasteiger partial charge in [-0.15, -0.1) is 0 Å². The lowest BCUT2D eigenvalue weighted by molar-refractivity contribution is 0.189. The van der Waals surface area contributed by atoms with Gasteiger partial charge < -0.3 is 15.5 Å². The maximum atomic E-state index is 5.79. The number of nitrogens with zero attached hydrogens (tertiary/aromatic N) is 2. The lowest BCUT2D eigenvalue weighted by Gasteiger charge is -2.35. The molecule has 0 saturated carbocycles. The summed E-state index contributed by atoms with van der Waals surface area (Å²) in [5.74, 6) is 0. The van der Waals surface area contributed by atoms with Crippen LogP contribution >= 0.6 is 0 Å². The quantitative estimate of drug-likeness (QED) is 0.654. The summed E-state index contributed by atoms with van der Waals surface area (Å²) in [5.41, 5.74) is 7.15. The minimum absolute atomic E-state index is 0.228. The molecular formula is C11H19N3. The second-order valence-corrected chi connectivity index (χ2v) is 4.18. The summed E-state index contributed by atoms with van der Waals surface area (Å²) in [7, 11) is 2.18. The Labute approximate surface area is 85.9 Å². The second kappa shape index (κ2) is 4.15. The first kappa shape index (κ1) is 9.74. The molecule has 1 aliphatic heterocycles. The van der Waals surface area contributed by atoms with Crippen LogP contribution in [0.15, 0.2) is 23.9 Å². The third-order valence-corrected chi connectivity index (χ3v) is 2.98. The standard InChI is InChI=1S/C11H19N3/c1-13-6-8-14(9-7-13)11-4-2-10(12)3-5-11/h2,4-5,10H,3,6-9,12H2,1H3/t10-/m1/s1. The maximum absolute atomic E-state index is 5.79. The van der Waals surface area contributed by atoms with Crippen molar-refractivity contribution in [2.75, 3.05) is 33.2 Å². The Kier molecular flexibility index (Phi) is 2.89. The third-order valence-electron chi connectivity index (χ3n) is 2.98. The van der Waals surface area contributed by atoms with Gasteiger partial charge in [0, 0.05) is 37.9 Å². The average Bonchev–Trinajstić information content (AvgIpc) is 2.21. The first-order chi connectivity index (χ1) is 6.75. The van der Waals surface area contributed by atoms with Crippen molar-refractivity contribution in [3.63, 3.8) is 0 Å². The van der Waals surface area contributed by atoms with Crippen LogP contribution in [0.1, 0.15) is 6.42 Å². The number of likely N-dealkylation sites (N-methyl/N-ethyl adjacent to an activating group) is 1.